The van der Waals surface area contributed by atoms with Crippen LogP contribution in [0.1, 0.15) is 28.1 Å². The van der Waals surface area contributed by atoms with Gasteiger partial charge < -0.3 is 10.6 Å². The Kier molecular flexibility index (Phi) is 7.28. The van der Waals surface area contributed by atoms with Crippen molar-refractivity contribution < 1.29 is 9.59 Å². The van der Waals surface area contributed by atoms with Crippen LogP contribution < -0.4 is 10.6 Å². The van der Waals surface area contributed by atoms with Gasteiger partial charge in [0.25, 0.3) is 5.91 Å². The van der Waals surface area contributed by atoms with E-state index in [-0.39, 0.29) is 11.8 Å². The molecule has 1 aromatic heterocycles. The van der Waals surface area contributed by atoms with Crippen molar-refractivity contribution in [2.75, 3.05) is 16.9 Å². The van der Waals surface area contributed by atoms with Gasteiger partial charge in [-0.25, -0.2) is 0 Å². The summed E-state index contributed by atoms with van der Waals surface area (Å²) in [4.78, 5) is 27.1. The second-order valence-corrected chi connectivity index (χ2v) is 8.16. The minimum Gasteiger partial charge on any atom is -0.326 e. The van der Waals surface area contributed by atoms with Crippen molar-refractivity contribution >= 4 is 46.3 Å². The van der Waals surface area contributed by atoms with Gasteiger partial charge in [0, 0.05) is 33.1 Å². The molecule has 6 heteroatoms. The number of hydrogen-bond donors (Lipinski definition) is 2. The van der Waals surface area contributed by atoms with E-state index in [9.17, 15) is 9.59 Å². The molecule has 144 valence electrons. The molecule has 0 aliphatic heterocycles. The average Bonchev–Trinajstić information content (AvgIpc) is 3.22. The molecule has 0 saturated heterocycles. The molecule has 0 radical (unpaired) electrons. The van der Waals surface area contributed by atoms with Crippen LogP contribution in [0.4, 0.5) is 11.4 Å². The summed E-state index contributed by atoms with van der Waals surface area (Å²) >= 11 is 3.36. The van der Waals surface area contributed by atoms with Crippen LogP contribution in [0.25, 0.3) is 0 Å². The minimum atomic E-state index is -0.203. The first-order valence-corrected chi connectivity index (χ1v) is 11.1. The molecule has 3 rings (SSSR count). The maximum absolute atomic E-state index is 12.5. The number of nitrogens with one attached hydrogen (secondary N) is 2. The summed E-state index contributed by atoms with van der Waals surface area (Å²) in [6, 6.07) is 18.8. The molecule has 0 spiro atoms. The standard InChI is InChI=1S/C22H22N2O2S2/c1-27-19-12-10-17(11-13-19)24-22(26)16-5-2-6-18(15-16)23-21(25)9-3-7-20-8-4-14-28-20/h2,4-6,8,10-15H,3,7,9H2,1H3,(H,23,25)(H,24,26). The number of aryl methyl sites for hydroxylation is 1. The van der Waals surface area contributed by atoms with Crippen LogP contribution in [0.5, 0.6) is 0 Å². The first-order chi connectivity index (χ1) is 13.6. The molecular weight excluding hydrogens is 388 g/mol. The normalized spacial score (nSPS) is 10.5. The highest BCUT2D eigenvalue weighted by molar-refractivity contribution is 7.98. The van der Waals surface area contributed by atoms with Crippen molar-refractivity contribution in [3.05, 3.63) is 76.5 Å². The quantitative estimate of drug-likeness (QED) is 0.470. The van der Waals surface area contributed by atoms with Crippen LogP contribution in [0, 0.1) is 0 Å². The number of thioether (sulfide) groups is 1. The van der Waals surface area contributed by atoms with Crippen molar-refractivity contribution in [1.29, 1.82) is 0 Å². The molecule has 0 saturated carbocycles. The number of hydrogen-bond acceptors (Lipinski definition) is 4. The van der Waals surface area contributed by atoms with Crippen molar-refractivity contribution in [3.8, 4) is 0 Å². The SMILES string of the molecule is CSc1ccc(NC(=O)c2cccc(NC(=O)CCCc3cccs3)c2)cc1. The van der Waals surface area contributed by atoms with E-state index in [0.717, 1.165) is 23.4 Å². The van der Waals surface area contributed by atoms with Gasteiger partial charge in [0.05, 0.1) is 0 Å². The monoisotopic (exact) mass is 410 g/mol. The fourth-order valence-electron chi connectivity index (χ4n) is 2.72. The third kappa shape index (κ3) is 5.97. The van der Waals surface area contributed by atoms with Crippen LogP contribution in [0.15, 0.2) is 70.9 Å². The fraction of sp³-hybridized carbons (Fsp3) is 0.182. The maximum atomic E-state index is 12.5. The zero-order valence-corrected chi connectivity index (χ0v) is 17.2. The van der Waals surface area contributed by atoms with Crippen molar-refractivity contribution in [2.45, 2.75) is 24.2 Å². The zero-order valence-electron chi connectivity index (χ0n) is 15.6. The predicted molar refractivity (Wildman–Crippen MR) is 119 cm³/mol. The fourth-order valence-corrected chi connectivity index (χ4v) is 3.88. The first-order valence-electron chi connectivity index (χ1n) is 9.02. The number of thiophene rings is 1. The lowest BCUT2D eigenvalue weighted by Gasteiger charge is -2.09. The van der Waals surface area contributed by atoms with Gasteiger partial charge >= 0.3 is 0 Å². The van der Waals surface area contributed by atoms with Crippen molar-refractivity contribution in [2.24, 2.45) is 0 Å². The van der Waals surface area contributed by atoms with E-state index in [0.29, 0.717) is 17.7 Å². The van der Waals surface area contributed by atoms with E-state index in [4.69, 9.17) is 0 Å². The van der Waals surface area contributed by atoms with E-state index in [1.165, 1.54) is 4.88 Å². The van der Waals surface area contributed by atoms with Gasteiger partial charge in [-0.3, -0.25) is 9.59 Å². The van der Waals surface area contributed by atoms with Crippen LogP contribution in [-0.2, 0) is 11.2 Å². The van der Waals surface area contributed by atoms with Gasteiger partial charge in [0.15, 0.2) is 0 Å². The topological polar surface area (TPSA) is 58.2 Å². The summed E-state index contributed by atoms with van der Waals surface area (Å²) in [6.07, 6.45) is 4.17. The maximum Gasteiger partial charge on any atom is 0.255 e. The second-order valence-electron chi connectivity index (χ2n) is 6.24. The van der Waals surface area contributed by atoms with E-state index in [1.807, 2.05) is 42.0 Å². The number of carbonyl (C=O) groups is 2. The second kappa shape index (κ2) is 10.1. The average molecular weight is 411 g/mol. The molecule has 4 nitrogen and oxygen atoms in total. The lowest BCUT2D eigenvalue weighted by atomic mass is 10.1. The van der Waals surface area contributed by atoms with Crippen molar-refractivity contribution in [3.63, 3.8) is 0 Å². The van der Waals surface area contributed by atoms with E-state index in [1.54, 1.807) is 47.4 Å². The summed E-state index contributed by atoms with van der Waals surface area (Å²) < 4.78 is 0. The van der Waals surface area contributed by atoms with E-state index >= 15 is 0 Å². The molecule has 0 unspecified atom stereocenters. The van der Waals surface area contributed by atoms with Gasteiger partial charge in [0.1, 0.15) is 0 Å². The summed E-state index contributed by atoms with van der Waals surface area (Å²) in [5, 5.41) is 7.80. The number of benzene rings is 2. The third-order valence-electron chi connectivity index (χ3n) is 4.16. The molecule has 2 N–H and O–H groups in total. The van der Waals surface area contributed by atoms with Crippen LogP contribution in [-0.4, -0.2) is 18.1 Å². The number of carbonyl (C=O) groups excluding carboxylic acids is 2. The largest absolute Gasteiger partial charge is 0.326 e. The van der Waals surface area contributed by atoms with Gasteiger partial charge in [-0.2, -0.15) is 0 Å². The highest BCUT2D eigenvalue weighted by Crippen LogP contribution is 2.19. The van der Waals surface area contributed by atoms with Gasteiger partial charge in [0.2, 0.25) is 5.91 Å². The molecule has 2 amide bonds. The summed E-state index contributed by atoms with van der Waals surface area (Å²) in [7, 11) is 0. The van der Waals surface area contributed by atoms with E-state index in [2.05, 4.69) is 16.7 Å². The van der Waals surface area contributed by atoms with Crippen LogP contribution >= 0.6 is 23.1 Å². The smallest absolute Gasteiger partial charge is 0.255 e. The number of rotatable bonds is 8. The predicted octanol–water partition coefficient (Wildman–Crippen LogP) is 5.68. The molecule has 0 aliphatic rings. The number of anilines is 2. The van der Waals surface area contributed by atoms with Crippen LogP contribution in [0.2, 0.25) is 0 Å². The Labute approximate surface area is 173 Å². The van der Waals surface area contributed by atoms with Gasteiger partial charge in [-0.05, 0) is 73.0 Å². The van der Waals surface area contributed by atoms with Gasteiger partial charge in [-0.15, -0.1) is 23.1 Å². The summed E-state index contributed by atoms with van der Waals surface area (Å²) in [5.74, 6) is -0.243. The molecule has 0 aliphatic carbocycles. The Hall–Kier alpha value is -2.57. The molecular formula is C22H22N2O2S2. The first kappa shape index (κ1) is 20.2. The molecule has 0 atom stereocenters. The molecule has 0 bridgehead atoms. The molecule has 28 heavy (non-hydrogen) atoms. The Bertz CT molecular complexity index is 922. The van der Waals surface area contributed by atoms with Crippen molar-refractivity contribution in [1.82, 2.24) is 0 Å². The highest BCUT2D eigenvalue weighted by atomic mass is 32.2. The molecule has 0 fully saturated rings. The molecule has 2 aromatic carbocycles. The third-order valence-corrected chi connectivity index (χ3v) is 5.84. The van der Waals surface area contributed by atoms with Crippen LogP contribution in [0.3, 0.4) is 0 Å². The lowest BCUT2D eigenvalue weighted by Crippen LogP contribution is -2.14. The Balaban J connectivity index is 1.53. The Morgan fingerprint density at radius 1 is 0.964 bits per heavy atom. The highest BCUT2D eigenvalue weighted by Gasteiger charge is 2.09. The van der Waals surface area contributed by atoms with Gasteiger partial charge in [-0.1, -0.05) is 12.1 Å². The minimum absolute atomic E-state index is 0.0400. The lowest BCUT2D eigenvalue weighted by molar-refractivity contribution is -0.116. The summed E-state index contributed by atoms with van der Waals surface area (Å²) in [6.45, 7) is 0. The molecule has 1 heterocycles. The Morgan fingerprint density at radius 2 is 1.79 bits per heavy atom. The van der Waals surface area contributed by atoms with E-state index < -0.39 is 0 Å². The summed E-state index contributed by atoms with van der Waals surface area (Å²) in [5.41, 5.74) is 1.88. The number of amides is 2. The molecule has 3 aromatic rings. The Morgan fingerprint density at radius 3 is 2.50 bits per heavy atom. The zero-order chi connectivity index (χ0) is 19.8.